The minimum atomic E-state index is -0.0788. The van der Waals surface area contributed by atoms with Gasteiger partial charge >= 0.3 is 0 Å². The first-order chi connectivity index (χ1) is 11.5. The van der Waals surface area contributed by atoms with Crippen molar-refractivity contribution >= 4 is 40.2 Å². The quantitative estimate of drug-likeness (QED) is 0.721. The normalized spacial score (nSPS) is 12.1. The van der Waals surface area contributed by atoms with Gasteiger partial charge in [0.05, 0.1) is 10.8 Å². The van der Waals surface area contributed by atoms with Crippen LogP contribution in [0.25, 0.3) is 10.9 Å². The lowest BCUT2D eigenvalue weighted by Crippen LogP contribution is -2.23. The number of carbonyl (C=O) groups excluding carboxylic acids is 2. The van der Waals surface area contributed by atoms with Crippen LogP contribution in [-0.2, 0) is 16.1 Å². The molecule has 0 radical (unpaired) electrons. The van der Waals surface area contributed by atoms with Crippen LogP contribution >= 0.6 is 11.8 Å². The standard InChI is InChI=1S/C18H25N3O2S/c1-4-5-10-24-13(2)18(23)20-15-7-6-14-8-9-21(16(14)11-15)12-17(22)19-3/h6-9,11,13H,4-5,10,12H2,1-3H3,(H,19,22)(H,20,23)/t13-/m1/s1. The zero-order chi connectivity index (χ0) is 17.5. The molecular weight excluding hydrogens is 322 g/mol. The number of amides is 2. The second-order valence-corrected chi connectivity index (χ2v) is 7.19. The summed E-state index contributed by atoms with van der Waals surface area (Å²) in [6, 6.07) is 7.74. The molecule has 1 aromatic heterocycles. The van der Waals surface area contributed by atoms with Gasteiger partial charge in [-0.3, -0.25) is 9.59 Å². The summed E-state index contributed by atoms with van der Waals surface area (Å²) in [6.45, 7) is 4.34. The largest absolute Gasteiger partial charge is 0.358 e. The van der Waals surface area contributed by atoms with Gasteiger partial charge in [-0.1, -0.05) is 19.4 Å². The van der Waals surface area contributed by atoms with Crippen LogP contribution in [0.4, 0.5) is 5.69 Å². The van der Waals surface area contributed by atoms with E-state index in [0.29, 0.717) is 0 Å². The van der Waals surface area contributed by atoms with Gasteiger partial charge in [0.1, 0.15) is 6.54 Å². The summed E-state index contributed by atoms with van der Waals surface area (Å²) < 4.78 is 1.88. The Bertz CT molecular complexity index is 711. The number of rotatable bonds is 8. The van der Waals surface area contributed by atoms with E-state index in [2.05, 4.69) is 17.6 Å². The highest BCUT2D eigenvalue weighted by molar-refractivity contribution is 8.00. The summed E-state index contributed by atoms with van der Waals surface area (Å²) in [6.07, 6.45) is 4.15. The molecule has 130 valence electrons. The highest BCUT2D eigenvalue weighted by Gasteiger charge is 2.14. The molecular formula is C18H25N3O2S. The fraction of sp³-hybridized carbons (Fsp3) is 0.444. The number of fused-ring (bicyclic) bond motifs is 1. The van der Waals surface area contributed by atoms with Crippen LogP contribution in [0, 0.1) is 0 Å². The van der Waals surface area contributed by atoms with E-state index < -0.39 is 0 Å². The van der Waals surface area contributed by atoms with Gasteiger partial charge in [0.15, 0.2) is 0 Å². The first-order valence-corrected chi connectivity index (χ1v) is 9.32. The monoisotopic (exact) mass is 347 g/mol. The molecule has 5 nitrogen and oxygen atoms in total. The summed E-state index contributed by atoms with van der Waals surface area (Å²) in [5.74, 6) is 0.960. The number of likely N-dealkylation sites (N-methyl/N-ethyl adjacent to an activating group) is 1. The van der Waals surface area contributed by atoms with E-state index in [-0.39, 0.29) is 23.6 Å². The average Bonchev–Trinajstić information content (AvgIpc) is 2.97. The van der Waals surface area contributed by atoms with E-state index >= 15 is 0 Å². The van der Waals surface area contributed by atoms with Crippen molar-refractivity contribution in [2.24, 2.45) is 0 Å². The number of nitrogens with zero attached hydrogens (tertiary/aromatic N) is 1. The Kier molecular flexibility index (Phi) is 6.73. The van der Waals surface area contributed by atoms with Crippen LogP contribution in [0.1, 0.15) is 26.7 Å². The van der Waals surface area contributed by atoms with Crippen molar-refractivity contribution in [2.75, 3.05) is 18.1 Å². The van der Waals surface area contributed by atoms with Crippen LogP contribution < -0.4 is 10.6 Å². The lowest BCUT2D eigenvalue weighted by molar-refractivity contribution is -0.121. The van der Waals surface area contributed by atoms with Crippen molar-refractivity contribution in [3.63, 3.8) is 0 Å². The summed E-state index contributed by atoms with van der Waals surface area (Å²) in [7, 11) is 1.62. The molecule has 0 aliphatic carbocycles. The predicted octanol–water partition coefficient (Wildman–Crippen LogP) is 3.25. The minimum absolute atomic E-state index is 0.0138. The first-order valence-electron chi connectivity index (χ1n) is 8.27. The number of anilines is 1. The zero-order valence-corrected chi connectivity index (χ0v) is 15.3. The van der Waals surface area contributed by atoms with Gasteiger partial charge in [-0.25, -0.2) is 0 Å². The lowest BCUT2D eigenvalue weighted by Gasteiger charge is -2.12. The van der Waals surface area contributed by atoms with Crippen molar-refractivity contribution in [2.45, 2.75) is 38.5 Å². The van der Waals surface area contributed by atoms with Crippen molar-refractivity contribution < 1.29 is 9.59 Å². The van der Waals surface area contributed by atoms with Gasteiger partial charge in [0.2, 0.25) is 11.8 Å². The molecule has 0 bridgehead atoms. The van der Waals surface area contributed by atoms with Crippen molar-refractivity contribution in [3.05, 3.63) is 30.5 Å². The topological polar surface area (TPSA) is 63.1 Å². The Morgan fingerprint density at radius 2 is 2.08 bits per heavy atom. The number of aromatic nitrogens is 1. The number of hydrogen-bond donors (Lipinski definition) is 2. The number of nitrogens with one attached hydrogen (secondary N) is 2. The number of thioether (sulfide) groups is 1. The molecule has 0 unspecified atom stereocenters. The third-order valence-corrected chi connectivity index (χ3v) is 5.11. The second-order valence-electron chi connectivity index (χ2n) is 5.75. The molecule has 1 heterocycles. The van der Waals surface area contributed by atoms with E-state index in [1.54, 1.807) is 18.8 Å². The van der Waals surface area contributed by atoms with E-state index in [4.69, 9.17) is 0 Å². The van der Waals surface area contributed by atoms with Gasteiger partial charge in [0, 0.05) is 18.9 Å². The Morgan fingerprint density at radius 3 is 2.79 bits per heavy atom. The second kappa shape index (κ2) is 8.78. The van der Waals surface area contributed by atoms with Gasteiger partial charge in [0.25, 0.3) is 0 Å². The molecule has 0 aliphatic rings. The van der Waals surface area contributed by atoms with E-state index in [1.807, 2.05) is 42.0 Å². The number of carbonyl (C=O) groups is 2. The Morgan fingerprint density at radius 1 is 1.29 bits per heavy atom. The maximum Gasteiger partial charge on any atom is 0.239 e. The Balaban J connectivity index is 2.08. The molecule has 1 atom stereocenters. The summed E-state index contributed by atoms with van der Waals surface area (Å²) in [5, 5.41) is 6.56. The van der Waals surface area contributed by atoms with Gasteiger partial charge in [-0.05, 0) is 42.7 Å². The predicted molar refractivity (Wildman–Crippen MR) is 101 cm³/mol. The van der Waals surface area contributed by atoms with Gasteiger partial charge in [-0.2, -0.15) is 0 Å². The van der Waals surface area contributed by atoms with Crippen LogP contribution in [0.15, 0.2) is 30.5 Å². The molecule has 24 heavy (non-hydrogen) atoms. The van der Waals surface area contributed by atoms with E-state index in [9.17, 15) is 9.59 Å². The maximum absolute atomic E-state index is 12.3. The van der Waals surface area contributed by atoms with Crippen molar-refractivity contribution in [3.8, 4) is 0 Å². The third-order valence-electron chi connectivity index (χ3n) is 3.87. The SMILES string of the molecule is CCCCS[C@H](C)C(=O)Nc1ccc2ccn(CC(=O)NC)c2c1. The zero-order valence-electron chi connectivity index (χ0n) is 14.5. The number of hydrogen-bond acceptors (Lipinski definition) is 3. The van der Waals surface area contributed by atoms with Crippen LogP contribution in [0.5, 0.6) is 0 Å². The average molecular weight is 347 g/mol. The Labute approximate surface area is 147 Å². The molecule has 2 aromatic rings. The Hall–Kier alpha value is -1.95. The molecule has 2 rings (SSSR count). The number of benzene rings is 1. The highest BCUT2D eigenvalue weighted by atomic mass is 32.2. The molecule has 0 spiro atoms. The third kappa shape index (κ3) is 4.77. The van der Waals surface area contributed by atoms with E-state index in [1.165, 1.54) is 0 Å². The molecule has 1 aromatic carbocycles. The molecule has 0 saturated heterocycles. The summed E-state index contributed by atoms with van der Waals surface area (Å²) in [4.78, 5) is 23.9. The molecule has 0 aliphatic heterocycles. The fourth-order valence-corrected chi connectivity index (χ4v) is 3.38. The maximum atomic E-state index is 12.3. The molecule has 2 amide bonds. The van der Waals surface area contributed by atoms with Crippen LogP contribution in [0.2, 0.25) is 0 Å². The van der Waals surface area contributed by atoms with Crippen molar-refractivity contribution in [1.82, 2.24) is 9.88 Å². The molecule has 0 saturated carbocycles. The number of unbranched alkanes of at least 4 members (excludes halogenated alkanes) is 1. The van der Waals surface area contributed by atoms with Gasteiger partial charge in [-0.15, -0.1) is 11.8 Å². The smallest absolute Gasteiger partial charge is 0.239 e. The first kappa shape index (κ1) is 18.4. The summed E-state index contributed by atoms with van der Waals surface area (Å²) in [5.41, 5.74) is 1.69. The van der Waals surface area contributed by atoms with Crippen LogP contribution in [-0.4, -0.2) is 34.4 Å². The minimum Gasteiger partial charge on any atom is -0.358 e. The lowest BCUT2D eigenvalue weighted by atomic mass is 10.2. The summed E-state index contributed by atoms with van der Waals surface area (Å²) >= 11 is 1.68. The highest BCUT2D eigenvalue weighted by Crippen LogP contribution is 2.22. The van der Waals surface area contributed by atoms with Crippen molar-refractivity contribution in [1.29, 1.82) is 0 Å². The van der Waals surface area contributed by atoms with E-state index in [0.717, 1.165) is 35.2 Å². The molecule has 0 fully saturated rings. The molecule has 2 N–H and O–H groups in total. The van der Waals surface area contributed by atoms with Gasteiger partial charge < -0.3 is 15.2 Å². The van der Waals surface area contributed by atoms with Crippen LogP contribution in [0.3, 0.4) is 0 Å². The molecule has 6 heteroatoms. The fourth-order valence-electron chi connectivity index (χ4n) is 2.36.